The first-order chi connectivity index (χ1) is 7.68. The minimum absolute atomic E-state index is 0.389. The lowest BCUT2D eigenvalue weighted by atomic mass is 10.3. The zero-order valence-electron chi connectivity index (χ0n) is 10.3. The van der Waals surface area contributed by atoms with Crippen molar-refractivity contribution >= 4 is 5.97 Å². The van der Waals surface area contributed by atoms with Crippen molar-refractivity contribution in [1.82, 2.24) is 0 Å². The summed E-state index contributed by atoms with van der Waals surface area (Å²) < 4.78 is 0. The van der Waals surface area contributed by atoms with Crippen LogP contribution in [0, 0.1) is 0 Å². The Balaban J connectivity index is -0.000000164. The molecule has 0 aliphatic heterocycles. The van der Waals surface area contributed by atoms with E-state index in [0.717, 1.165) is 20.6 Å². The molecule has 4 heteroatoms. The molecule has 94 valence electrons. The summed E-state index contributed by atoms with van der Waals surface area (Å²) in [5, 5.41) is 22.1. The van der Waals surface area contributed by atoms with Crippen LogP contribution in [-0.4, -0.2) is 35.5 Å². The SMILES string of the molecule is C1=CCC=C1.CC=C(C)C(=O)O.CO.CO. The van der Waals surface area contributed by atoms with Crippen LogP contribution in [0.1, 0.15) is 20.3 Å². The summed E-state index contributed by atoms with van der Waals surface area (Å²) >= 11 is 0. The smallest absolute Gasteiger partial charge is 0.330 e. The summed E-state index contributed by atoms with van der Waals surface area (Å²) in [4.78, 5) is 9.86. The normalized spacial score (nSPS) is 11.2. The maximum absolute atomic E-state index is 9.86. The molecule has 0 saturated carbocycles. The number of allylic oxidation sites excluding steroid dienone is 5. The van der Waals surface area contributed by atoms with Crippen LogP contribution < -0.4 is 0 Å². The summed E-state index contributed by atoms with van der Waals surface area (Å²) in [6.07, 6.45) is 11.1. The minimum atomic E-state index is -0.845. The van der Waals surface area contributed by atoms with E-state index in [4.69, 9.17) is 15.3 Å². The molecule has 1 aliphatic rings. The molecule has 0 fully saturated rings. The number of hydrogen-bond acceptors (Lipinski definition) is 3. The molecule has 1 rings (SSSR count). The van der Waals surface area contributed by atoms with E-state index in [2.05, 4.69) is 24.3 Å². The number of aliphatic carboxylic acids is 1. The van der Waals surface area contributed by atoms with Gasteiger partial charge < -0.3 is 15.3 Å². The van der Waals surface area contributed by atoms with Crippen molar-refractivity contribution in [3.8, 4) is 0 Å². The second-order valence-corrected chi connectivity index (χ2v) is 2.37. The average molecular weight is 230 g/mol. The predicted molar refractivity (Wildman–Crippen MR) is 66.2 cm³/mol. The van der Waals surface area contributed by atoms with Crippen molar-refractivity contribution in [3.63, 3.8) is 0 Å². The van der Waals surface area contributed by atoms with Gasteiger partial charge in [-0.3, -0.25) is 0 Å². The molecule has 1 aliphatic carbocycles. The molecule has 0 amide bonds. The molecule has 0 atom stereocenters. The molecule has 0 saturated heterocycles. The van der Waals surface area contributed by atoms with Crippen molar-refractivity contribution in [2.75, 3.05) is 14.2 Å². The van der Waals surface area contributed by atoms with Crippen molar-refractivity contribution in [2.24, 2.45) is 0 Å². The standard InChI is InChI=1S/C5H8O2.C5H6.2CH4O/c1-3-4(2)5(6)7;1-2-4-5-3-1;2*1-2/h3H,1-2H3,(H,6,7);1-4H,5H2;2*2H,1H3. The van der Waals surface area contributed by atoms with Gasteiger partial charge in [-0.1, -0.05) is 30.4 Å². The second-order valence-electron chi connectivity index (χ2n) is 2.37. The fourth-order valence-electron chi connectivity index (χ4n) is 0.516. The lowest BCUT2D eigenvalue weighted by Gasteiger charge is -1.84. The van der Waals surface area contributed by atoms with Crippen LogP contribution in [0.15, 0.2) is 36.0 Å². The van der Waals surface area contributed by atoms with Crippen molar-refractivity contribution in [1.29, 1.82) is 0 Å². The van der Waals surface area contributed by atoms with Crippen LogP contribution in [0.2, 0.25) is 0 Å². The van der Waals surface area contributed by atoms with Gasteiger partial charge in [0.15, 0.2) is 0 Å². The lowest BCUT2D eigenvalue weighted by Crippen LogP contribution is -1.93. The highest BCUT2D eigenvalue weighted by molar-refractivity contribution is 5.85. The Kier molecular flexibility index (Phi) is 24.1. The Morgan fingerprint density at radius 2 is 1.50 bits per heavy atom. The maximum atomic E-state index is 9.86. The third-order valence-corrected chi connectivity index (χ3v) is 1.43. The molecule has 0 heterocycles. The van der Waals surface area contributed by atoms with Crippen LogP contribution >= 0.6 is 0 Å². The van der Waals surface area contributed by atoms with Gasteiger partial charge in [-0.15, -0.1) is 0 Å². The molecule has 0 unspecified atom stereocenters. The number of rotatable bonds is 1. The number of carboxylic acid groups (broad SMARTS) is 1. The predicted octanol–water partition coefficient (Wildman–Crippen LogP) is 1.76. The molecule has 0 bridgehead atoms. The van der Waals surface area contributed by atoms with Gasteiger partial charge >= 0.3 is 5.97 Å². The molecule has 16 heavy (non-hydrogen) atoms. The monoisotopic (exact) mass is 230 g/mol. The van der Waals surface area contributed by atoms with Crippen LogP contribution in [-0.2, 0) is 4.79 Å². The van der Waals surface area contributed by atoms with Gasteiger partial charge in [0.1, 0.15) is 0 Å². The Morgan fingerprint density at radius 3 is 1.56 bits per heavy atom. The number of hydrogen-bond donors (Lipinski definition) is 3. The highest BCUT2D eigenvalue weighted by atomic mass is 16.4. The highest BCUT2D eigenvalue weighted by Gasteiger charge is 1.93. The van der Waals surface area contributed by atoms with E-state index >= 15 is 0 Å². The summed E-state index contributed by atoms with van der Waals surface area (Å²) in [7, 11) is 2.00. The molecule has 0 aromatic carbocycles. The minimum Gasteiger partial charge on any atom is -0.478 e. The molecular weight excluding hydrogens is 208 g/mol. The van der Waals surface area contributed by atoms with Crippen molar-refractivity contribution in [2.45, 2.75) is 20.3 Å². The van der Waals surface area contributed by atoms with Crippen molar-refractivity contribution in [3.05, 3.63) is 36.0 Å². The van der Waals surface area contributed by atoms with E-state index in [1.807, 2.05) is 0 Å². The third-order valence-electron chi connectivity index (χ3n) is 1.43. The lowest BCUT2D eigenvalue weighted by molar-refractivity contribution is -0.132. The van der Waals surface area contributed by atoms with E-state index in [1.54, 1.807) is 19.9 Å². The first-order valence-corrected chi connectivity index (χ1v) is 4.75. The van der Waals surface area contributed by atoms with Crippen LogP contribution in [0.5, 0.6) is 0 Å². The molecule has 0 aromatic heterocycles. The first kappa shape index (κ1) is 20.1. The fraction of sp³-hybridized carbons (Fsp3) is 0.417. The van der Waals surface area contributed by atoms with E-state index in [1.165, 1.54) is 0 Å². The van der Waals surface area contributed by atoms with E-state index in [0.29, 0.717) is 5.57 Å². The second kappa shape index (κ2) is 19.2. The number of aliphatic hydroxyl groups excluding tert-OH is 2. The van der Waals surface area contributed by atoms with E-state index in [-0.39, 0.29) is 0 Å². The number of aliphatic hydroxyl groups is 2. The van der Waals surface area contributed by atoms with Gasteiger partial charge in [0, 0.05) is 19.8 Å². The number of carbonyl (C=O) groups is 1. The van der Waals surface area contributed by atoms with Gasteiger partial charge in [-0.25, -0.2) is 4.79 Å². The van der Waals surface area contributed by atoms with E-state index in [9.17, 15) is 4.79 Å². The molecular formula is C12H22O4. The Bertz CT molecular complexity index is 217. The quantitative estimate of drug-likeness (QED) is 0.600. The maximum Gasteiger partial charge on any atom is 0.330 e. The number of carboxylic acids is 1. The van der Waals surface area contributed by atoms with Crippen LogP contribution in [0.25, 0.3) is 0 Å². The van der Waals surface area contributed by atoms with Gasteiger partial charge in [-0.2, -0.15) is 0 Å². The van der Waals surface area contributed by atoms with Crippen LogP contribution in [0.3, 0.4) is 0 Å². The van der Waals surface area contributed by atoms with Crippen molar-refractivity contribution < 1.29 is 20.1 Å². The molecule has 0 aromatic rings. The highest BCUT2D eigenvalue weighted by Crippen LogP contribution is 1.93. The Labute approximate surface area is 97.2 Å². The van der Waals surface area contributed by atoms with Gasteiger partial charge in [-0.05, 0) is 20.3 Å². The van der Waals surface area contributed by atoms with Gasteiger partial charge in [0.25, 0.3) is 0 Å². The molecule has 4 nitrogen and oxygen atoms in total. The third kappa shape index (κ3) is 18.4. The Hall–Kier alpha value is -1.39. The van der Waals surface area contributed by atoms with Crippen LogP contribution in [0.4, 0.5) is 0 Å². The fourth-order valence-corrected chi connectivity index (χ4v) is 0.516. The zero-order chi connectivity index (χ0) is 13.4. The van der Waals surface area contributed by atoms with E-state index < -0.39 is 5.97 Å². The van der Waals surface area contributed by atoms with Gasteiger partial charge in [0.05, 0.1) is 0 Å². The summed E-state index contributed by atoms with van der Waals surface area (Å²) in [5.41, 5.74) is 0.389. The first-order valence-electron chi connectivity index (χ1n) is 4.75. The molecule has 0 spiro atoms. The Morgan fingerprint density at radius 1 is 1.12 bits per heavy atom. The zero-order valence-corrected chi connectivity index (χ0v) is 10.3. The summed E-state index contributed by atoms with van der Waals surface area (Å²) in [6, 6.07) is 0. The average Bonchev–Trinajstić information content (AvgIpc) is 2.92. The molecule has 0 radical (unpaired) electrons. The largest absolute Gasteiger partial charge is 0.478 e. The summed E-state index contributed by atoms with van der Waals surface area (Å²) in [6.45, 7) is 3.26. The van der Waals surface area contributed by atoms with Gasteiger partial charge in [0.2, 0.25) is 0 Å². The summed E-state index contributed by atoms with van der Waals surface area (Å²) in [5.74, 6) is -0.845. The topological polar surface area (TPSA) is 77.8 Å². The molecule has 3 N–H and O–H groups in total.